The number of halogens is 1. The van der Waals surface area contributed by atoms with Gasteiger partial charge in [-0.05, 0) is 55.0 Å². The van der Waals surface area contributed by atoms with Crippen LogP contribution >= 0.6 is 0 Å². The lowest BCUT2D eigenvalue weighted by Gasteiger charge is -2.34. The van der Waals surface area contributed by atoms with Crippen LogP contribution in [-0.2, 0) is 0 Å². The van der Waals surface area contributed by atoms with E-state index in [1.54, 1.807) is 17.9 Å². The zero-order chi connectivity index (χ0) is 17.8. The average molecular weight is 342 g/mol. The van der Waals surface area contributed by atoms with Gasteiger partial charge in [-0.25, -0.2) is 9.18 Å². The second-order valence-corrected chi connectivity index (χ2v) is 6.57. The number of aliphatic hydroxyl groups excluding tert-OH is 1. The third-order valence-corrected chi connectivity index (χ3v) is 4.84. The summed E-state index contributed by atoms with van der Waals surface area (Å²) in [6, 6.07) is 13.8. The molecule has 0 spiro atoms. The Morgan fingerprint density at radius 3 is 2.52 bits per heavy atom. The van der Waals surface area contributed by atoms with Gasteiger partial charge in [0.05, 0.1) is 6.10 Å². The van der Waals surface area contributed by atoms with Gasteiger partial charge in [-0.1, -0.05) is 30.3 Å². The number of amides is 2. The number of carbonyl (C=O) groups excluding carboxylic acids is 1. The zero-order valence-corrected chi connectivity index (χ0v) is 14.3. The van der Waals surface area contributed by atoms with Gasteiger partial charge in [0.2, 0.25) is 0 Å². The highest BCUT2D eigenvalue weighted by Crippen LogP contribution is 2.30. The Morgan fingerprint density at radius 2 is 1.88 bits per heavy atom. The molecule has 4 nitrogen and oxygen atoms in total. The molecule has 5 heteroatoms. The molecule has 1 saturated heterocycles. The lowest BCUT2D eigenvalue weighted by Crippen LogP contribution is -2.42. The molecule has 25 heavy (non-hydrogen) atoms. The fraction of sp³-hybridized carbons (Fsp3) is 0.350. The molecule has 1 heterocycles. The molecule has 1 atom stereocenters. The zero-order valence-electron chi connectivity index (χ0n) is 14.3. The summed E-state index contributed by atoms with van der Waals surface area (Å²) in [6.07, 6.45) is 1.02. The van der Waals surface area contributed by atoms with E-state index in [1.807, 2.05) is 30.3 Å². The molecule has 0 aromatic heterocycles. The Bertz CT molecular complexity index is 728. The topological polar surface area (TPSA) is 52.6 Å². The van der Waals surface area contributed by atoms with Crippen molar-refractivity contribution in [2.24, 2.45) is 5.92 Å². The number of hydrogen-bond donors (Lipinski definition) is 2. The van der Waals surface area contributed by atoms with Gasteiger partial charge in [0.25, 0.3) is 0 Å². The summed E-state index contributed by atoms with van der Waals surface area (Å²) in [4.78, 5) is 14.2. The Kier molecular flexibility index (Phi) is 5.34. The minimum atomic E-state index is -0.495. The molecule has 1 aliphatic rings. The number of piperidine rings is 1. The Morgan fingerprint density at radius 1 is 1.20 bits per heavy atom. The molecule has 0 aliphatic carbocycles. The largest absolute Gasteiger partial charge is 0.388 e. The number of carbonyl (C=O) groups is 1. The summed E-state index contributed by atoms with van der Waals surface area (Å²) in [5, 5.41) is 13.4. The van der Waals surface area contributed by atoms with E-state index in [9.17, 15) is 14.3 Å². The van der Waals surface area contributed by atoms with Crippen LogP contribution in [0.4, 0.5) is 14.9 Å². The summed E-state index contributed by atoms with van der Waals surface area (Å²) in [5.74, 6) is -0.162. The van der Waals surface area contributed by atoms with Crippen LogP contribution in [0.3, 0.4) is 0 Å². The first-order valence-electron chi connectivity index (χ1n) is 8.59. The molecule has 2 N–H and O–H groups in total. The Hall–Kier alpha value is -2.40. The minimum absolute atomic E-state index is 0.152. The van der Waals surface area contributed by atoms with Gasteiger partial charge in [0.1, 0.15) is 5.82 Å². The molecule has 2 aromatic carbocycles. The summed E-state index contributed by atoms with van der Waals surface area (Å²) in [6.45, 7) is 2.96. The van der Waals surface area contributed by atoms with E-state index < -0.39 is 6.10 Å². The summed E-state index contributed by atoms with van der Waals surface area (Å²) >= 11 is 0. The van der Waals surface area contributed by atoms with Crippen molar-refractivity contribution in [1.29, 1.82) is 0 Å². The second kappa shape index (κ2) is 7.66. The third kappa shape index (κ3) is 4.17. The molecule has 2 amide bonds. The van der Waals surface area contributed by atoms with E-state index in [0.29, 0.717) is 24.3 Å². The molecule has 1 fully saturated rings. The Labute approximate surface area is 147 Å². The normalized spacial score (nSPS) is 16.5. The quantitative estimate of drug-likeness (QED) is 0.882. The van der Waals surface area contributed by atoms with E-state index in [1.165, 1.54) is 12.1 Å². The number of nitrogens with one attached hydrogen (secondary N) is 1. The van der Waals surface area contributed by atoms with Crippen LogP contribution in [0.5, 0.6) is 0 Å². The maximum Gasteiger partial charge on any atom is 0.321 e. The van der Waals surface area contributed by atoms with E-state index >= 15 is 0 Å². The van der Waals surface area contributed by atoms with Crippen molar-refractivity contribution in [1.82, 2.24) is 4.90 Å². The van der Waals surface area contributed by atoms with Crippen LogP contribution < -0.4 is 5.32 Å². The number of urea groups is 1. The molecular weight excluding hydrogens is 319 g/mol. The highest BCUT2D eigenvalue weighted by Gasteiger charge is 2.28. The van der Waals surface area contributed by atoms with E-state index in [0.717, 1.165) is 18.4 Å². The van der Waals surface area contributed by atoms with Gasteiger partial charge in [-0.2, -0.15) is 0 Å². The minimum Gasteiger partial charge on any atom is -0.388 e. The van der Waals surface area contributed by atoms with Crippen LogP contribution in [0.2, 0.25) is 0 Å². The fourth-order valence-electron chi connectivity index (χ4n) is 3.30. The molecule has 0 saturated carbocycles. The number of aliphatic hydroxyl groups is 1. The van der Waals surface area contributed by atoms with Crippen LogP contribution in [0, 0.1) is 18.7 Å². The molecule has 1 aliphatic heterocycles. The Balaban J connectivity index is 1.55. The first kappa shape index (κ1) is 17.4. The van der Waals surface area contributed by atoms with Crippen molar-refractivity contribution in [3.8, 4) is 0 Å². The maximum absolute atomic E-state index is 13.2. The predicted molar refractivity (Wildman–Crippen MR) is 95.9 cm³/mol. The predicted octanol–water partition coefficient (Wildman–Crippen LogP) is 4.11. The number of benzene rings is 2. The van der Waals surface area contributed by atoms with Crippen molar-refractivity contribution in [3.63, 3.8) is 0 Å². The van der Waals surface area contributed by atoms with Crippen LogP contribution in [0.1, 0.15) is 30.1 Å². The van der Waals surface area contributed by atoms with Gasteiger partial charge in [-0.3, -0.25) is 0 Å². The summed E-state index contributed by atoms with van der Waals surface area (Å²) < 4.78 is 13.2. The van der Waals surface area contributed by atoms with Gasteiger partial charge in [-0.15, -0.1) is 0 Å². The lowest BCUT2D eigenvalue weighted by molar-refractivity contribution is 0.0683. The summed E-state index contributed by atoms with van der Waals surface area (Å²) in [7, 11) is 0. The standard InChI is InChI=1S/C20H23FN2O2/c1-14-13-17(21)7-8-18(14)22-20(25)23-11-9-16(10-12-23)19(24)15-5-3-2-4-6-15/h2-8,13,16,19,24H,9-12H2,1H3,(H,22,25). The van der Waals surface area contributed by atoms with Gasteiger partial charge in [0.15, 0.2) is 0 Å². The third-order valence-electron chi connectivity index (χ3n) is 4.84. The van der Waals surface area contributed by atoms with Crippen molar-refractivity contribution in [2.45, 2.75) is 25.9 Å². The molecule has 2 aromatic rings. The second-order valence-electron chi connectivity index (χ2n) is 6.57. The SMILES string of the molecule is Cc1cc(F)ccc1NC(=O)N1CCC(C(O)c2ccccc2)CC1. The van der Waals surface area contributed by atoms with E-state index in [2.05, 4.69) is 5.32 Å². The van der Waals surface area contributed by atoms with Crippen LogP contribution in [-0.4, -0.2) is 29.1 Å². The first-order valence-corrected chi connectivity index (χ1v) is 8.59. The van der Waals surface area contributed by atoms with Crippen LogP contribution in [0.25, 0.3) is 0 Å². The van der Waals surface area contributed by atoms with Crippen molar-refractivity contribution >= 4 is 11.7 Å². The van der Waals surface area contributed by atoms with Gasteiger partial charge in [0, 0.05) is 18.8 Å². The molecule has 1 unspecified atom stereocenters. The summed E-state index contributed by atoms with van der Waals surface area (Å²) in [5.41, 5.74) is 2.24. The lowest BCUT2D eigenvalue weighted by atomic mass is 9.87. The van der Waals surface area contributed by atoms with Crippen molar-refractivity contribution < 1.29 is 14.3 Å². The number of aryl methyl sites for hydroxylation is 1. The average Bonchev–Trinajstić information content (AvgIpc) is 2.64. The highest BCUT2D eigenvalue weighted by molar-refractivity contribution is 5.90. The number of nitrogens with zero attached hydrogens (tertiary/aromatic N) is 1. The number of hydrogen-bond acceptors (Lipinski definition) is 2. The first-order chi connectivity index (χ1) is 12.0. The maximum atomic E-state index is 13.2. The molecule has 3 rings (SSSR count). The fourth-order valence-corrected chi connectivity index (χ4v) is 3.30. The molecule has 132 valence electrons. The molecule has 0 radical (unpaired) electrons. The smallest absolute Gasteiger partial charge is 0.321 e. The molecular formula is C20H23FN2O2. The van der Waals surface area contributed by atoms with Gasteiger partial charge < -0.3 is 15.3 Å². The monoisotopic (exact) mass is 342 g/mol. The highest BCUT2D eigenvalue weighted by atomic mass is 19.1. The molecule has 0 bridgehead atoms. The number of rotatable bonds is 3. The van der Waals surface area contributed by atoms with Crippen molar-refractivity contribution in [3.05, 3.63) is 65.5 Å². The van der Waals surface area contributed by atoms with E-state index in [-0.39, 0.29) is 17.8 Å². The van der Waals surface area contributed by atoms with Crippen LogP contribution in [0.15, 0.2) is 48.5 Å². The number of anilines is 1. The van der Waals surface area contributed by atoms with E-state index in [4.69, 9.17) is 0 Å². The van der Waals surface area contributed by atoms with Gasteiger partial charge >= 0.3 is 6.03 Å². The van der Waals surface area contributed by atoms with Crippen molar-refractivity contribution in [2.75, 3.05) is 18.4 Å². The number of likely N-dealkylation sites (tertiary alicyclic amines) is 1.